The first-order valence-corrected chi connectivity index (χ1v) is 9.16. The summed E-state index contributed by atoms with van der Waals surface area (Å²) in [6.07, 6.45) is -0.730. The zero-order chi connectivity index (χ0) is 20.4. The van der Waals surface area contributed by atoms with Gasteiger partial charge in [-0.05, 0) is 34.4 Å². The molecule has 29 heavy (non-hydrogen) atoms. The van der Waals surface area contributed by atoms with Gasteiger partial charge in [-0.1, -0.05) is 54.6 Å². The Kier molecular flexibility index (Phi) is 4.99. The van der Waals surface area contributed by atoms with Crippen molar-refractivity contribution in [2.24, 2.45) is 0 Å². The van der Waals surface area contributed by atoms with E-state index < -0.39 is 17.9 Å². The van der Waals surface area contributed by atoms with Gasteiger partial charge >= 0.3 is 12.1 Å². The number of hydrogen-bond donors (Lipinski definition) is 2. The van der Waals surface area contributed by atoms with Gasteiger partial charge in [-0.25, -0.2) is 14.0 Å². The number of nitrogens with one attached hydrogen (secondary N) is 1. The molecule has 1 aliphatic rings. The zero-order valence-electron chi connectivity index (χ0n) is 15.4. The van der Waals surface area contributed by atoms with E-state index in [0.717, 1.165) is 28.3 Å². The zero-order valence-corrected chi connectivity index (χ0v) is 15.4. The number of carbonyl (C=O) groups excluding carboxylic acids is 1. The number of carboxylic acid groups (broad SMARTS) is 1. The molecule has 0 aliphatic heterocycles. The molecule has 0 fully saturated rings. The Hall–Kier alpha value is -3.67. The highest BCUT2D eigenvalue weighted by atomic mass is 19.1. The normalized spacial score (nSPS) is 12.2. The highest BCUT2D eigenvalue weighted by molar-refractivity contribution is 5.89. The molecule has 5 nitrogen and oxygen atoms in total. The van der Waals surface area contributed by atoms with Crippen LogP contribution in [0.15, 0.2) is 66.7 Å². The summed E-state index contributed by atoms with van der Waals surface area (Å²) in [5.41, 5.74) is 4.13. The summed E-state index contributed by atoms with van der Waals surface area (Å²) < 4.78 is 19.3. The van der Waals surface area contributed by atoms with Crippen molar-refractivity contribution in [2.75, 3.05) is 6.61 Å². The van der Waals surface area contributed by atoms with Gasteiger partial charge in [-0.2, -0.15) is 0 Å². The molecule has 0 atom stereocenters. The lowest BCUT2D eigenvalue weighted by atomic mass is 9.98. The Labute approximate surface area is 166 Å². The van der Waals surface area contributed by atoms with Gasteiger partial charge in [0.15, 0.2) is 0 Å². The molecule has 2 N–H and O–H groups in total. The van der Waals surface area contributed by atoms with Crippen molar-refractivity contribution in [3.8, 4) is 11.1 Å². The Bertz CT molecular complexity index is 1050. The van der Waals surface area contributed by atoms with E-state index in [2.05, 4.69) is 5.32 Å². The smallest absolute Gasteiger partial charge is 0.407 e. The van der Waals surface area contributed by atoms with E-state index in [0.29, 0.717) is 0 Å². The van der Waals surface area contributed by atoms with Crippen LogP contribution in [0.1, 0.15) is 33.0 Å². The molecule has 0 spiro atoms. The van der Waals surface area contributed by atoms with E-state index in [1.54, 1.807) is 0 Å². The number of amides is 1. The number of benzene rings is 3. The van der Waals surface area contributed by atoms with Crippen LogP contribution in [0.25, 0.3) is 11.1 Å². The molecule has 3 aromatic rings. The van der Waals surface area contributed by atoms with Crippen LogP contribution in [0.3, 0.4) is 0 Å². The lowest BCUT2D eigenvalue weighted by Crippen LogP contribution is -2.27. The number of alkyl carbamates (subject to hydrolysis) is 1. The fourth-order valence-corrected chi connectivity index (χ4v) is 3.75. The van der Waals surface area contributed by atoms with Crippen molar-refractivity contribution in [3.05, 3.63) is 94.8 Å². The summed E-state index contributed by atoms with van der Waals surface area (Å²) in [5.74, 6) is -2.03. The molecule has 4 rings (SSSR count). The first kappa shape index (κ1) is 18.7. The minimum atomic E-state index is -1.26. The predicted octanol–water partition coefficient (Wildman–Crippen LogP) is 4.56. The number of rotatable bonds is 5. The summed E-state index contributed by atoms with van der Waals surface area (Å²) in [5, 5.41) is 11.6. The maximum atomic E-state index is 14.0. The number of aromatic carboxylic acids is 1. The first-order chi connectivity index (χ1) is 14.1. The molecular weight excluding hydrogens is 373 g/mol. The maximum absolute atomic E-state index is 14.0. The number of hydrogen-bond acceptors (Lipinski definition) is 3. The molecule has 0 aromatic heterocycles. The number of carbonyl (C=O) groups is 2. The average Bonchev–Trinajstić information content (AvgIpc) is 3.05. The van der Waals surface area contributed by atoms with Crippen LogP contribution in [0.4, 0.5) is 9.18 Å². The van der Waals surface area contributed by atoms with E-state index in [4.69, 9.17) is 4.74 Å². The Morgan fingerprint density at radius 2 is 1.55 bits per heavy atom. The van der Waals surface area contributed by atoms with Crippen molar-refractivity contribution in [1.29, 1.82) is 0 Å². The summed E-state index contributed by atoms with van der Waals surface area (Å²) in [6.45, 7) is -0.145. The van der Waals surface area contributed by atoms with Crippen molar-refractivity contribution in [1.82, 2.24) is 5.32 Å². The molecule has 0 radical (unpaired) electrons. The number of ether oxygens (including phenoxy) is 1. The second-order valence-corrected chi connectivity index (χ2v) is 6.75. The van der Waals surface area contributed by atoms with Gasteiger partial charge in [0.1, 0.15) is 12.4 Å². The molecular formula is C23H18FNO4. The van der Waals surface area contributed by atoms with Crippen LogP contribution >= 0.6 is 0 Å². The van der Waals surface area contributed by atoms with Gasteiger partial charge in [0.25, 0.3) is 0 Å². The van der Waals surface area contributed by atoms with E-state index in [-0.39, 0.29) is 30.2 Å². The van der Waals surface area contributed by atoms with Gasteiger partial charge in [0.05, 0.1) is 5.56 Å². The third-order valence-corrected chi connectivity index (χ3v) is 5.10. The highest BCUT2D eigenvalue weighted by Gasteiger charge is 2.29. The van der Waals surface area contributed by atoms with Gasteiger partial charge in [0, 0.05) is 18.0 Å². The SMILES string of the molecule is O=C(NCc1c(F)cccc1C(=O)O)OCC1c2ccccc2-c2ccccc21. The van der Waals surface area contributed by atoms with Gasteiger partial charge < -0.3 is 15.2 Å². The van der Waals surface area contributed by atoms with E-state index in [1.165, 1.54) is 12.1 Å². The second kappa shape index (κ2) is 7.75. The third kappa shape index (κ3) is 3.57. The van der Waals surface area contributed by atoms with E-state index in [1.807, 2.05) is 48.5 Å². The van der Waals surface area contributed by atoms with Crippen molar-refractivity contribution >= 4 is 12.1 Å². The van der Waals surface area contributed by atoms with Gasteiger partial charge in [0.2, 0.25) is 0 Å². The molecule has 6 heteroatoms. The third-order valence-electron chi connectivity index (χ3n) is 5.10. The molecule has 3 aromatic carbocycles. The minimum absolute atomic E-state index is 0.0869. The molecule has 0 bridgehead atoms. The standard InChI is InChI=1S/C23H18FNO4/c24-21-11-5-10-18(22(26)27)19(21)12-25-23(28)29-13-20-16-8-3-1-6-14(16)15-7-2-4-9-17(15)20/h1-11,20H,12-13H2,(H,25,28)(H,26,27). The number of carboxylic acids is 1. The molecule has 0 saturated heterocycles. The van der Waals surface area contributed by atoms with Crippen molar-refractivity contribution in [2.45, 2.75) is 12.5 Å². The van der Waals surface area contributed by atoms with Crippen LogP contribution in [0.2, 0.25) is 0 Å². The molecule has 0 heterocycles. The molecule has 146 valence electrons. The monoisotopic (exact) mass is 391 g/mol. The van der Waals surface area contributed by atoms with Crippen LogP contribution < -0.4 is 5.32 Å². The van der Waals surface area contributed by atoms with Crippen molar-refractivity contribution in [3.63, 3.8) is 0 Å². The van der Waals surface area contributed by atoms with Gasteiger partial charge in [-0.3, -0.25) is 0 Å². The summed E-state index contributed by atoms with van der Waals surface area (Å²) in [7, 11) is 0. The predicted molar refractivity (Wildman–Crippen MR) is 105 cm³/mol. The first-order valence-electron chi connectivity index (χ1n) is 9.16. The molecule has 1 aliphatic carbocycles. The quantitative estimate of drug-likeness (QED) is 0.668. The lowest BCUT2D eigenvalue weighted by molar-refractivity contribution is 0.0694. The van der Waals surface area contributed by atoms with Crippen LogP contribution in [0, 0.1) is 5.82 Å². The summed E-state index contributed by atoms with van der Waals surface area (Å²) >= 11 is 0. The lowest BCUT2D eigenvalue weighted by Gasteiger charge is -2.15. The topological polar surface area (TPSA) is 75.6 Å². The van der Waals surface area contributed by atoms with E-state index in [9.17, 15) is 19.1 Å². The number of fused-ring (bicyclic) bond motifs is 3. The summed E-state index contributed by atoms with van der Waals surface area (Å²) in [6, 6.07) is 19.7. The summed E-state index contributed by atoms with van der Waals surface area (Å²) in [4.78, 5) is 23.4. The molecule has 0 unspecified atom stereocenters. The van der Waals surface area contributed by atoms with Crippen LogP contribution in [-0.2, 0) is 11.3 Å². The van der Waals surface area contributed by atoms with Crippen LogP contribution in [-0.4, -0.2) is 23.8 Å². The average molecular weight is 391 g/mol. The molecule has 0 saturated carbocycles. The molecule has 1 amide bonds. The van der Waals surface area contributed by atoms with Crippen molar-refractivity contribution < 1.29 is 23.8 Å². The second-order valence-electron chi connectivity index (χ2n) is 6.75. The fraction of sp³-hybridized carbons (Fsp3) is 0.130. The largest absolute Gasteiger partial charge is 0.478 e. The Morgan fingerprint density at radius 3 is 2.17 bits per heavy atom. The maximum Gasteiger partial charge on any atom is 0.407 e. The Morgan fingerprint density at radius 1 is 0.931 bits per heavy atom. The minimum Gasteiger partial charge on any atom is -0.478 e. The number of halogens is 1. The van der Waals surface area contributed by atoms with E-state index >= 15 is 0 Å². The van der Waals surface area contributed by atoms with Gasteiger partial charge in [-0.15, -0.1) is 0 Å². The highest BCUT2D eigenvalue weighted by Crippen LogP contribution is 2.44. The Balaban J connectivity index is 1.44. The fourth-order valence-electron chi connectivity index (χ4n) is 3.75. The van der Waals surface area contributed by atoms with Crippen LogP contribution in [0.5, 0.6) is 0 Å².